The molecule has 2 saturated heterocycles. The van der Waals surface area contributed by atoms with Gasteiger partial charge in [0, 0.05) is 18.5 Å². The second-order valence-electron chi connectivity index (χ2n) is 11.7. The molecule has 2 heterocycles. The highest BCUT2D eigenvalue weighted by molar-refractivity contribution is 7.92. The Bertz CT molecular complexity index is 2270. The zero-order chi connectivity index (χ0) is 38.3. The minimum absolute atomic E-state index is 0.0147. The van der Waals surface area contributed by atoms with E-state index in [2.05, 4.69) is 10.6 Å². The molecule has 2 aliphatic heterocycles. The van der Waals surface area contributed by atoms with Crippen molar-refractivity contribution in [2.75, 3.05) is 32.3 Å². The van der Waals surface area contributed by atoms with E-state index in [4.69, 9.17) is 0 Å². The van der Waals surface area contributed by atoms with Gasteiger partial charge < -0.3 is 26.0 Å². The number of aryl methyl sites for hydroxylation is 2. The summed E-state index contributed by atoms with van der Waals surface area (Å²) in [6, 6.07) is 24.1. The molecule has 2 fully saturated rings. The number of benzene rings is 4. The zero-order valence-corrected chi connectivity index (χ0v) is 29.4. The monoisotopic (exact) mass is 766 g/mol. The predicted octanol–water partition coefficient (Wildman–Crippen LogP) is 1.99. The van der Waals surface area contributed by atoms with Crippen LogP contribution in [-0.2, 0) is 52.4 Å². The Hall–Kier alpha value is -6.34. The zero-order valence-electron chi connectivity index (χ0n) is 27.7. The van der Waals surface area contributed by atoms with Crippen LogP contribution in [0.1, 0.15) is 24.0 Å². The van der Waals surface area contributed by atoms with Crippen molar-refractivity contribution in [3.05, 3.63) is 102 Å². The Morgan fingerprint density at radius 2 is 1.06 bits per heavy atom. The second-order valence-corrected chi connectivity index (χ2v) is 14.9. The molecule has 0 radical (unpaired) electrons. The maximum atomic E-state index is 12.0. The molecule has 4 amide bonds. The van der Waals surface area contributed by atoms with Gasteiger partial charge in [-0.05, 0) is 72.5 Å². The second kappa shape index (κ2) is 15.9. The molecule has 0 atom stereocenters. The van der Waals surface area contributed by atoms with Gasteiger partial charge in [0.2, 0.25) is 11.8 Å². The van der Waals surface area contributed by atoms with Crippen LogP contribution in [0.3, 0.4) is 0 Å². The van der Waals surface area contributed by atoms with Crippen LogP contribution in [-0.4, -0.2) is 68.9 Å². The van der Waals surface area contributed by atoms with Crippen LogP contribution in [0.4, 0.5) is 22.7 Å². The van der Waals surface area contributed by atoms with Gasteiger partial charge in [-0.2, -0.15) is 16.8 Å². The first-order valence-corrected chi connectivity index (χ1v) is 18.7. The van der Waals surface area contributed by atoms with Crippen LogP contribution in [0, 0.1) is 0 Å². The number of amides is 4. The molecular formula is C34H34N6O11S2. The molecule has 2 aliphatic rings. The van der Waals surface area contributed by atoms with Crippen molar-refractivity contribution in [3.8, 4) is 17.2 Å². The quantitative estimate of drug-likeness (QED) is 0.115. The van der Waals surface area contributed by atoms with Crippen molar-refractivity contribution in [1.29, 1.82) is 0 Å². The molecule has 7 N–H and O–H groups in total. The van der Waals surface area contributed by atoms with E-state index in [0.717, 1.165) is 8.61 Å². The Balaban J connectivity index is 0.000000204. The molecule has 0 aliphatic carbocycles. The smallest absolute Gasteiger partial charge is 0.326 e. The standard InChI is InChI=1S/C17H17N3O6S.C17H17N3O5S/c21-14-4-2-1-3-12(14)18-16(23)8-6-11-5-7-13(15(22)9-11)20-10-17(24)19-27(20,25)26;21-15-10-12(7-9-16(22)18-13-4-2-1-3-5-13)6-8-14(15)20-11-17(23)19-26(20,24)25/h1-5,7,9,21-22H,6,8,10H2,(H,18,23)(H,19,24);1-6,8,10,21H,7,9,11H2,(H,18,22)(H,19,23). The highest BCUT2D eigenvalue weighted by Gasteiger charge is 2.36. The van der Waals surface area contributed by atoms with E-state index >= 15 is 0 Å². The maximum absolute atomic E-state index is 12.0. The highest BCUT2D eigenvalue weighted by atomic mass is 32.2. The van der Waals surface area contributed by atoms with E-state index in [1.54, 1.807) is 42.5 Å². The van der Waals surface area contributed by atoms with Gasteiger partial charge in [-0.3, -0.25) is 19.2 Å². The van der Waals surface area contributed by atoms with Gasteiger partial charge in [0.05, 0.1) is 17.1 Å². The van der Waals surface area contributed by atoms with Crippen molar-refractivity contribution >= 4 is 66.8 Å². The van der Waals surface area contributed by atoms with E-state index in [0.29, 0.717) is 28.9 Å². The summed E-state index contributed by atoms with van der Waals surface area (Å²) in [5.41, 5.74) is 2.28. The van der Waals surface area contributed by atoms with Gasteiger partial charge in [0.15, 0.2) is 0 Å². The van der Waals surface area contributed by atoms with Crippen LogP contribution < -0.4 is 28.7 Å². The van der Waals surface area contributed by atoms with Crippen LogP contribution in [0.15, 0.2) is 91.0 Å². The Kier molecular flexibility index (Phi) is 11.4. The minimum Gasteiger partial charge on any atom is -0.506 e. The molecule has 6 rings (SSSR count). The van der Waals surface area contributed by atoms with Crippen molar-refractivity contribution in [3.63, 3.8) is 0 Å². The summed E-state index contributed by atoms with van der Waals surface area (Å²) >= 11 is 0. The fourth-order valence-corrected chi connectivity index (χ4v) is 7.57. The van der Waals surface area contributed by atoms with Gasteiger partial charge in [-0.25, -0.2) is 18.1 Å². The number of carbonyl (C=O) groups is 4. The lowest BCUT2D eigenvalue weighted by Crippen LogP contribution is -2.29. The van der Waals surface area contributed by atoms with Gasteiger partial charge in [0.1, 0.15) is 30.3 Å². The third kappa shape index (κ3) is 9.71. The summed E-state index contributed by atoms with van der Waals surface area (Å²) in [7, 11) is -7.98. The summed E-state index contributed by atoms with van der Waals surface area (Å²) in [4.78, 5) is 46.5. The molecule has 0 saturated carbocycles. The summed E-state index contributed by atoms with van der Waals surface area (Å²) in [6.07, 6.45) is 0.957. The van der Waals surface area contributed by atoms with E-state index in [1.165, 1.54) is 30.3 Å². The lowest BCUT2D eigenvalue weighted by atomic mass is 10.1. The summed E-state index contributed by atoms with van der Waals surface area (Å²) in [5, 5.41) is 35.2. The van der Waals surface area contributed by atoms with Crippen molar-refractivity contribution in [1.82, 2.24) is 9.44 Å². The van der Waals surface area contributed by atoms with E-state index in [1.807, 2.05) is 27.6 Å². The number of para-hydroxylation sites is 3. The number of nitrogens with one attached hydrogen (secondary N) is 4. The van der Waals surface area contributed by atoms with E-state index in [9.17, 15) is 51.3 Å². The van der Waals surface area contributed by atoms with Gasteiger partial charge >= 0.3 is 20.4 Å². The first kappa shape index (κ1) is 37.9. The number of carbonyl (C=O) groups excluding carboxylic acids is 4. The predicted molar refractivity (Wildman–Crippen MR) is 193 cm³/mol. The topological polar surface area (TPSA) is 252 Å². The normalized spacial score (nSPS) is 15.5. The fourth-order valence-electron chi connectivity index (χ4n) is 5.25. The number of rotatable bonds is 10. The molecule has 19 heteroatoms. The lowest BCUT2D eigenvalue weighted by molar-refractivity contribution is -0.118. The van der Waals surface area contributed by atoms with Crippen LogP contribution >= 0.6 is 0 Å². The van der Waals surface area contributed by atoms with E-state index < -0.39 is 38.8 Å². The highest BCUT2D eigenvalue weighted by Crippen LogP contribution is 2.33. The summed E-state index contributed by atoms with van der Waals surface area (Å²) < 4.78 is 52.6. The molecule has 53 heavy (non-hydrogen) atoms. The molecule has 0 spiro atoms. The average molecular weight is 767 g/mol. The molecule has 278 valence electrons. The van der Waals surface area contributed by atoms with Crippen molar-refractivity contribution in [2.24, 2.45) is 0 Å². The maximum Gasteiger partial charge on any atom is 0.326 e. The van der Waals surface area contributed by atoms with Gasteiger partial charge in [-0.1, -0.05) is 42.5 Å². The van der Waals surface area contributed by atoms with Gasteiger partial charge in [-0.15, -0.1) is 0 Å². The average Bonchev–Trinajstić information content (AvgIpc) is 3.54. The Morgan fingerprint density at radius 1 is 0.604 bits per heavy atom. The fraction of sp³-hybridized carbons (Fsp3) is 0.176. The number of phenols is 3. The molecule has 4 aromatic rings. The molecule has 4 aromatic carbocycles. The number of nitrogens with zero attached hydrogens (tertiary/aromatic N) is 2. The van der Waals surface area contributed by atoms with Crippen LogP contribution in [0.25, 0.3) is 0 Å². The molecule has 0 aromatic heterocycles. The molecule has 17 nitrogen and oxygen atoms in total. The van der Waals surface area contributed by atoms with Crippen molar-refractivity contribution < 1.29 is 51.3 Å². The molecule has 0 unspecified atom stereocenters. The number of aromatic hydroxyl groups is 3. The first-order valence-electron chi connectivity index (χ1n) is 15.8. The minimum atomic E-state index is -4.00. The van der Waals surface area contributed by atoms with Gasteiger partial charge in [0.25, 0.3) is 11.8 Å². The molecule has 0 bridgehead atoms. The molecular weight excluding hydrogens is 733 g/mol. The first-order chi connectivity index (χ1) is 25.1. The third-order valence-corrected chi connectivity index (χ3v) is 10.6. The van der Waals surface area contributed by atoms with Crippen molar-refractivity contribution in [2.45, 2.75) is 25.7 Å². The van der Waals surface area contributed by atoms with Crippen LogP contribution in [0.2, 0.25) is 0 Å². The Morgan fingerprint density at radius 3 is 1.49 bits per heavy atom. The lowest BCUT2D eigenvalue weighted by Gasteiger charge is -2.16. The summed E-state index contributed by atoms with van der Waals surface area (Å²) in [6.45, 7) is -0.785. The van der Waals surface area contributed by atoms with E-state index in [-0.39, 0.29) is 66.2 Å². The number of hydrogen-bond donors (Lipinski definition) is 7. The summed E-state index contributed by atoms with van der Waals surface area (Å²) in [5.74, 6) is -2.46. The number of phenolic OH excluding ortho intramolecular Hbond substituents is 3. The largest absolute Gasteiger partial charge is 0.506 e. The Labute approximate surface area is 304 Å². The third-order valence-electron chi connectivity index (χ3n) is 7.77. The SMILES string of the molecule is O=C(CCc1ccc(N2CC(=O)NS2(=O)=O)c(O)c1)Nc1ccccc1.O=C(CCc1ccc(N2CC(=O)NS2(=O)=O)c(O)c1)Nc1ccccc1O. The van der Waals surface area contributed by atoms with Crippen LogP contribution in [0.5, 0.6) is 17.2 Å². The number of hydrogen-bond acceptors (Lipinski definition) is 11. The number of anilines is 4.